The lowest BCUT2D eigenvalue weighted by atomic mass is 10.1. The second kappa shape index (κ2) is 8.48. The minimum absolute atomic E-state index is 0. The number of piperazine rings is 1. The Hall–Kier alpha value is -2.16. The molecular formula is C16H19Cl2N5O3. The Bertz CT molecular complexity index is 811. The molecule has 1 amide bonds. The predicted molar refractivity (Wildman–Crippen MR) is 99.6 cm³/mol. The van der Waals surface area contributed by atoms with Gasteiger partial charge >= 0.3 is 0 Å². The minimum Gasteiger partial charge on any atom is -0.336 e. The Labute approximate surface area is 161 Å². The molecule has 1 aromatic carbocycles. The number of aryl methyl sites for hydroxylation is 1. The summed E-state index contributed by atoms with van der Waals surface area (Å²) in [7, 11) is 1.90. The van der Waals surface area contributed by atoms with Gasteiger partial charge in [0.2, 0.25) is 5.91 Å². The van der Waals surface area contributed by atoms with Crippen molar-refractivity contribution in [2.45, 2.75) is 12.5 Å². The fraction of sp³-hybridized carbons (Fsp3) is 0.375. The number of nitro groups is 1. The molecule has 1 unspecified atom stereocenters. The van der Waals surface area contributed by atoms with Crippen LogP contribution >= 0.6 is 24.0 Å². The third kappa shape index (κ3) is 4.14. The second-order valence-electron chi connectivity index (χ2n) is 5.91. The number of aromatic nitrogens is 2. The average molecular weight is 400 g/mol. The summed E-state index contributed by atoms with van der Waals surface area (Å²) >= 11 is 6.11. The molecule has 2 heterocycles. The van der Waals surface area contributed by atoms with Crippen molar-refractivity contribution in [1.82, 2.24) is 19.8 Å². The van der Waals surface area contributed by atoms with Crippen molar-refractivity contribution < 1.29 is 9.72 Å². The first-order chi connectivity index (χ1) is 12.0. The summed E-state index contributed by atoms with van der Waals surface area (Å²) in [4.78, 5) is 29.3. The van der Waals surface area contributed by atoms with Crippen molar-refractivity contribution in [3.63, 3.8) is 0 Å². The lowest BCUT2D eigenvalue weighted by Gasteiger charge is -2.36. The molecule has 3 rings (SSSR count). The van der Waals surface area contributed by atoms with Crippen molar-refractivity contribution in [2.24, 2.45) is 7.05 Å². The van der Waals surface area contributed by atoms with E-state index in [0.29, 0.717) is 25.2 Å². The van der Waals surface area contributed by atoms with Crippen LogP contribution in [0.2, 0.25) is 5.02 Å². The molecule has 140 valence electrons. The molecule has 1 N–H and O–H groups in total. The maximum Gasteiger partial charge on any atom is 0.270 e. The lowest BCUT2D eigenvalue weighted by molar-refractivity contribution is -0.384. The van der Waals surface area contributed by atoms with Gasteiger partial charge in [0.1, 0.15) is 11.9 Å². The van der Waals surface area contributed by atoms with Crippen molar-refractivity contribution in [3.05, 3.63) is 57.1 Å². The van der Waals surface area contributed by atoms with Crippen LogP contribution in [0.1, 0.15) is 17.4 Å². The lowest BCUT2D eigenvalue weighted by Crippen LogP contribution is -2.49. The Morgan fingerprint density at radius 3 is 2.88 bits per heavy atom. The highest BCUT2D eigenvalue weighted by atomic mass is 35.5. The predicted octanol–water partition coefficient (Wildman–Crippen LogP) is 2.12. The van der Waals surface area contributed by atoms with Crippen LogP contribution in [0, 0.1) is 10.1 Å². The Morgan fingerprint density at radius 1 is 1.50 bits per heavy atom. The second-order valence-corrected chi connectivity index (χ2v) is 6.32. The summed E-state index contributed by atoms with van der Waals surface area (Å²) in [6.07, 6.45) is 3.65. The van der Waals surface area contributed by atoms with Gasteiger partial charge in [0.25, 0.3) is 5.69 Å². The van der Waals surface area contributed by atoms with Gasteiger partial charge in [-0.25, -0.2) is 4.98 Å². The first-order valence-corrected chi connectivity index (χ1v) is 8.25. The quantitative estimate of drug-likeness (QED) is 0.627. The van der Waals surface area contributed by atoms with E-state index in [4.69, 9.17) is 11.6 Å². The van der Waals surface area contributed by atoms with Crippen molar-refractivity contribution >= 4 is 35.6 Å². The molecule has 0 saturated carbocycles. The van der Waals surface area contributed by atoms with E-state index >= 15 is 0 Å². The van der Waals surface area contributed by atoms with Gasteiger partial charge in [-0.1, -0.05) is 17.7 Å². The highest BCUT2D eigenvalue weighted by Gasteiger charge is 2.30. The average Bonchev–Trinajstić information content (AvgIpc) is 3.02. The summed E-state index contributed by atoms with van der Waals surface area (Å²) in [5.41, 5.74) is 0.489. The number of carbonyl (C=O) groups is 1. The normalized spacial score (nSPS) is 16.8. The maximum absolute atomic E-state index is 12.8. The van der Waals surface area contributed by atoms with Crippen LogP contribution in [0.5, 0.6) is 0 Å². The van der Waals surface area contributed by atoms with Gasteiger partial charge in [0, 0.05) is 51.2 Å². The van der Waals surface area contributed by atoms with E-state index in [2.05, 4.69) is 10.3 Å². The number of halogens is 2. The van der Waals surface area contributed by atoms with E-state index < -0.39 is 4.92 Å². The van der Waals surface area contributed by atoms with E-state index in [1.165, 1.54) is 18.2 Å². The SMILES string of the molecule is Cl.Cn1ccnc1C1CNCCN1C(=O)Cc1ccc([N+](=O)[O-])cc1Cl. The van der Waals surface area contributed by atoms with Crippen molar-refractivity contribution in [3.8, 4) is 0 Å². The summed E-state index contributed by atoms with van der Waals surface area (Å²) in [6, 6.07) is 4.02. The highest BCUT2D eigenvalue weighted by molar-refractivity contribution is 6.31. The fourth-order valence-corrected chi connectivity index (χ4v) is 3.23. The largest absolute Gasteiger partial charge is 0.336 e. The van der Waals surface area contributed by atoms with Crippen molar-refractivity contribution in [2.75, 3.05) is 19.6 Å². The van der Waals surface area contributed by atoms with Crippen LogP contribution in [0.4, 0.5) is 5.69 Å². The zero-order valence-electron chi connectivity index (χ0n) is 14.1. The molecule has 0 aliphatic carbocycles. The molecule has 1 aliphatic heterocycles. The fourth-order valence-electron chi connectivity index (χ4n) is 2.99. The molecular weight excluding hydrogens is 381 g/mol. The van der Waals surface area contributed by atoms with E-state index in [-0.39, 0.29) is 41.5 Å². The third-order valence-electron chi connectivity index (χ3n) is 4.31. The molecule has 0 spiro atoms. The smallest absolute Gasteiger partial charge is 0.270 e. The third-order valence-corrected chi connectivity index (χ3v) is 4.66. The number of hydrogen-bond acceptors (Lipinski definition) is 5. The van der Waals surface area contributed by atoms with Gasteiger partial charge in [-0.2, -0.15) is 0 Å². The van der Waals surface area contributed by atoms with E-state index in [0.717, 1.165) is 5.82 Å². The molecule has 2 aromatic rings. The zero-order valence-corrected chi connectivity index (χ0v) is 15.7. The van der Waals surface area contributed by atoms with Gasteiger partial charge in [-0.05, 0) is 5.56 Å². The van der Waals surface area contributed by atoms with Crippen molar-refractivity contribution in [1.29, 1.82) is 0 Å². The molecule has 0 radical (unpaired) electrons. The molecule has 10 heteroatoms. The summed E-state index contributed by atoms with van der Waals surface area (Å²) < 4.78 is 1.90. The summed E-state index contributed by atoms with van der Waals surface area (Å²) in [5, 5.41) is 14.3. The molecule has 1 atom stereocenters. The molecule has 1 aliphatic rings. The summed E-state index contributed by atoms with van der Waals surface area (Å²) in [5.74, 6) is 0.737. The Kier molecular flexibility index (Phi) is 6.57. The molecule has 1 fully saturated rings. The number of rotatable bonds is 4. The molecule has 8 nitrogen and oxygen atoms in total. The Balaban J connectivity index is 0.00000243. The number of imidazole rings is 1. The van der Waals surface area contributed by atoms with Crippen LogP contribution in [0.15, 0.2) is 30.6 Å². The van der Waals surface area contributed by atoms with Gasteiger partial charge in [-0.15, -0.1) is 12.4 Å². The highest BCUT2D eigenvalue weighted by Crippen LogP contribution is 2.26. The van der Waals surface area contributed by atoms with E-state index in [1.807, 2.05) is 17.8 Å². The number of non-ortho nitro benzene ring substituents is 1. The Morgan fingerprint density at radius 2 is 2.27 bits per heavy atom. The minimum atomic E-state index is -0.509. The first-order valence-electron chi connectivity index (χ1n) is 7.87. The van der Waals surface area contributed by atoms with Crippen LogP contribution in [0.25, 0.3) is 0 Å². The van der Waals surface area contributed by atoms with Crippen LogP contribution in [-0.2, 0) is 18.3 Å². The van der Waals surface area contributed by atoms with Gasteiger partial charge < -0.3 is 14.8 Å². The standard InChI is InChI=1S/C16H18ClN5O3.ClH/c1-20-6-5-19-16(20)14-10-18-4-7-21(14)15(23)8-11-2-3-12(22(24)25)9-13(11)17;/h2-3,5-6,9,14,18H,4,7-8,10H2,1H3;1H. The summed E-state index contributed by atoms with van der Waals surface area (Å²) in [6.45, 7) is 1.91. The zero-order chi connectivity index (χ0) is 18.0. The van der Waals surface area contributed by atoms with Gasteiger partial charge in [0.15, 0.2) is 0 Å². The van der Waals surface area contributed by atoms with Crippen LogP contribution in [-0.4, -0.2) is 44.9 Å². The number of nitrogens with one attached hydrogen (secondary N) is 1. The number of nitrogens with zero attached hydrogens (tertiary/aromatic N) is 4. The van der Waals surface area contributed by atoms with Gasteiger partial charge in [-0.3, -0.25) is 14.9 Å². The molecule has 1 aromatic heterocycles. The van der Waals surface area contributed by atoms with Crippen LogP contribution < -0.4 is 5.32 Å². The topological polar surface area (TPSA) is 93.3 Å². The van der Waals surface area contributed by atoms with Crippen LogP contribution in [0.3, 0.4) is 0 Å². The van der Waals surface area contributed by atoms with Gasteiger partial charge in [0.05, 0.1) is 16.4 Å². The molecule has 1 saturated heterocycles. The number of benzene rings is 1. The van der Waals surface area contributed by atoms with E-state index in [9.17, 15) is 14.9 Å². The monoisotopic (exact) mass is 399 g/mol. The number of amides is 1. The maximum atomic E-state index is 12.8. The van der Waals surface area contributed by atoms with E-state index in [1.54, 1.807) is 11.1 Å². The number of nitro benzene ring substituents is 1. The number of hydrogen-bond donors (Lipinski definition) is 1. The molecule has 26 heavy (non-hydrogen) atoms. The number of carbonyl (C=O) groups excluding carboxylic acids is 1. The first kappa shape index (κ1) is 20.2. The molecule has 0 bridgehead atoms.